The van der Waals surface area contributed by atoms with Crippen molar-refractivity contribution < 1.29 is 4.74 Å². The van der Waals surface area contributed by atoms with Crippen molar-refractivity contribution >= 4 is 23.2 Å². The van der Waals surface area contributed by atoms with Crippen LogP contribution in [0.1, 0.15) is 20.8 Å². The Morgan fingerprint density at radius 3 is 2.27 bits per heavy atom. The van der Waals surface area contributed by atoms with Crippen LogP contribution in [0.5, 0.6) is 0 Å². The van der Waals surface area contributed by atoms with Crippen molar-refractivity contribution in [3.05, 3.63) is 10.1 Å². The summed E-state index contributed by atoms with van der Waals surface area (Å²) in [5.41, 5.74) is 0.883. The van der Waals surface area contributed by atoms with Crippen LogP contribution >= 0.6 is 23.2 Å². The highest BCUT2D eigenvalue weighted by Crippen LogP contribution is 2.13. The van der Waals surface area contributed by atoms with Crippen molar-refractivity contribution in [2.24, 2.45) is 5.92 Å². The van der Waals surface area contributed by atoms with Gasteiger partial charge in [0.1, 0.15) is 4.49 Å². The standard InChI is InChI=1S/C8H14Cl2O/c1-6(2)4-11-5-7(3)8(9)10/h6H,4-5H2,1-3H3. The summed E-state index contributed by atoms with van der Waals surface area (Å²) in [6.07, 6.45) is 0. The van der Waals surface area contributed by atoms with Gasteiger partial charge in [0, 0.05) is 6.61 Å². The number of ether oxygens (including phenoxy) is 1. The van der Waals surface area contributed by atoms with Crippen LogP contribution in [0.15, 0.2) is 10.1 Å². The smallest absolute Gasteiger partial charge is 0.108 e. The topological polar surface area (TPSA) is 9.23 Å². The molecule has 0 saturated carbocycles. The van der Waals surface area contributed by atoms with Crippen molar-refractivity contribution in [1.29, 1.82) is 0 Å². The van der Waals surface area contributed by atoms with Crippen molar-refractivity contribution in [2.75, 3.05) is 13.2 Å². The molecule has 1 nitrogen and oxygen atoms in total. The fourth-order valence-electron chi connectivity index (χ4n) is 0.502. The fraction of sp³-hybridized carbons (Fsp3) is 0.750. The van der Waals surface area contributed by atoms with Gasteiger partial charge in [-0.25, -0.2) is 0 Å². The Hall–Kier alpha value is 0.280. The number of halogens is 2. The number of rotatable bonds is 4. The molecule has 0 bridgehead atoms. The number of hydrogen-bond acceptors (Lipinski definition) is 1. The zero-order valence-electron chi connectivity index (χ0n) is 7.16. The lowest BCUT2D eigenvalue weighted by atomic mass is 10.2. The van der Waals surface area contributed by atoms with Crippen LogP contribution in [0, 0.1) is 5.92 Å². The molecular formula is C8H14Cl2O. The normalized spacial score (nSPS) is 10.4. The van der Waals surface area contributed by atoms with Gasteiger partial charge in [-0.15, -0.1) is 0 Å². The maximum Gasteiger partial charge on any atom is 0.108 e. The molecule has 0 saturated heterocycles. The first-order chi connectivity index (χ1) is 5.04. The summed E-state index contributed by atoms with van der Waals surface area (Å²) in [6.45, 7) is 7.33. The lowest BCUT2D eigenvalue weighted by Gasteiger charge is -2.06. The molecule has 0 aliphatic carbocycles. The average Bonchev–Trinajstić information content (AvgIpc) is 1.86. The molecule has 0 aliphatic heterocycles. The van der Waals surface area contributed by atoms with Crippen molar-refractivity contribution in [3.8, 4) is 0 Å². The highest BCUT2D eigenvalue weighted by atomic mass is 35.5. The summed E-state index contributed by atoms with van der Waals surface area (Å²) in [5, 5.41) is 0. The molecule has 0 aromatic heterocycles. The summed E-state index contributed by atoms with van der Waals surface area (Å²) < 4.78 is 5.61. The first kappa shape index (κ1) is 11.3. The van der Waals surface area contributed by atoms with Gasteiger partial charge < -0.3 is 4.74 Å². The lowest BCUT2D eigenvalue weighted by molar-refractivity contribution is 0.129. The zero-order valence-corrected chi connectivity index (χ0v) is 8.67. The van der Waals surface area contributed by atoms with Crippen LogP contribution in [0.4, 0.5) is 0 Å². The summed E-state index contributed by atoms with van der Waals surface area (Å²) in [6, 6.07) is 0. The first-order valence-electron chi connectivity index (χ1n) is 3.62. The molecule has 0 N–H and O–H groups in total. The molecule has 0 aromatic rings. The molecule has 0 spiro atoms. The second-order valence-electron chi connectivity index (χ2n) is 2.95. The molecule has 66 valence electrons. The van der Waals surface area contributed by atoms with Gasteiger partial charge >= 0.3 is 0 Å². The van der Waals surface area contributed by atoms with E-state index in [1.807, 2.05) is 6.92 Å². The Bertz CT molecular complexity index is 137. The largest absolute Gasteiger partial charge is 0.377 e. The van der Waals surface area contributed by atoms with E-state index in [9.17, 15) is 0 Å². The monoisotopic (exact) mass is 196 g/mol. The maximum atomic E-state index is 5.51. The van der Waals surface area contributed by atoms with E-state index in [0.29, 0.717) is 17.0 Å². The Morgan fingerprint density at radius 2 is 1.91 bits per heavy atom. The second-order valence-corrected chi connectivity index (χ2v) is 3.90. The third-order valence-electron chi connectivity index (χ3n) is 1.09. The lowest BCUT2D eigenvalue weighted by Crippen LogP contribution is -2.03. The van der Waals surface area contributed by atoms with E-state index >= 15 is 0 Å². The molecule has 0 aromatic carbocycles. The van der Waals surface area contributed by atoms with Crippen LogP contribution in [0.2, 0.25) is 0 Å². The Balaban J connectivity index is 3.48. The van der Waals surface area contributed by atoms with Gasteiger partial charge in [0.15, 0.2) is 0 Å². The van der Waals surface area contributed by atoms with Gasteiger partial charge in [-0.2, -0.15) is 0 Å². The Morgan fingerprint density at radius 1 is 1.36 bits per heavy atom. The van der Waals surface area contributed by atoms with Crippen molar-refractivity contribution in [2.45, 2.75) is 20.8 Å². The van der Waals surface area contributed by atoms with Gasteiger partial charge in [-0.05, 0) is 18.4 Å². The molecule has 0 aliphatic rings. The highest BCUT2D eigenvalue weighted by Gasteiger charge is 1.97. The van der Waals surface area contributed by atoms with E-state index in [1.54, 1.807) is 0 Å². The average molecular weight is 197 g/mol. The SMILES string of the molecule is CC(COCC(C)C)=C(Cl)Cl. The van der Waals surface area contributed by atoms with E-state index < -0.39 is 0 Å². The van der Waals surface area contributed by atoms with Crippen LogP contribution in [-0.4, -0.2) is 13.2 Å². The fourth-order valence-corrected chi connectivity index (χ4v) is 0.611. The minimum Gasteiger partial charge on any atom is -0.377 e. The summed E-state index contributed by atoms with van der Waals surface area (Å²) >= 11 is 11.0. The molecular weight excluding hydrogens is 183 g/mol. The molecule has 0 fully saturated rings. The third-order valence-corrected chi connectivity index (χ3v) is 1.74. The summed E-state index contributed by atoms with van der Waals surface area (Å²) in [4.78, 5) is 0. The summed E-state index contributed by atoms with van der Waals surface area (Å²) in [5.74, 6) is 0.553. The Labute approximate surface area is 78.3 Å². The van der Waals surface area contributed by atoms with Crippen LogP contribution in [0.25, 0.3) is 0 Å². The van der Waals surface area contributed by atoms with Gasteiger partial charge in [-0.1, -0.05) is 37.0 Å². The molecule has 0 atom stereocenters. The van der Waals surface area contributed by atoms with Crippen molar-refractivity contribution in [1.82, 2.24) is 0 Å². The van der Waals surface area contributed by atoms with Gasteiger partial charge in [0.2, 0.25) is 0 Å². The van der Waals surface area contributed by atoms with Crippen LogP contribution in [0.3, 0.4) is 0 Å². The van der Waals surface area contributed by atoms with Crippen LogP contribution in [-0.2, 0) is 4.74 Å². The molecule has 3 heteroatoms. The zero-order chi connectivity index (χ0) is 8.85. The molecule has 0 unspecified atom stereocenters. The minimum atomic E-state index is 0.314. The van der Waals surface area contributed by atoms with E-state index in [-0.39, 0.29) is 0 Å². The van der Waals surface area contributed by atoms with E-state index in [2.05, 4.69) is 13.8 Å². The maximum absolute atomic E-state index is 5.51. The van der Waals surface area contributed by atoms with E-state index in [4.69, 9.17) is 27.9 Å². The highest BCUT2D eigenvalue weighted by molar-refractivity contribution is 6.56. The third kappa shape index (κ3) is 6.67. The molecule has 0 radical (unpaired) electrons. The van der Waals surface area contributed by atoms with Gasteiger partial charge in [0.05, 0.1) is 6.61 Å². The summed E-state index contributed by atoms with van der Waals surface area (Å²) in [7, 11) is 0. The molecule has 0 heterocycles. The predicted molar refractivity (Wildman–Crippen MR) is 50.1 cm³/mol. The molecule has 0 rings (SSSR count). The first-order valence-corrected chi connectivity index (χ1v) is 4.38. The van der Waals surface area contributed by atoms with Gasteiger partial charge in [0.25, 0.3) is 0 Å². The van der Waals surface area contributed by atoms with E-state index in [0.717, 1.165) is 12.2 Å². The van der Waals surface area contributed by atoms with Crippen LogP contribution < -0.4 is 0 Å². The van der Waals surface area contributed by atoms with Crippen molar-refractivity contribution in [3.63, 3.8) is 0 Å². The molecule has 11 heavy (non-hydrogen) atoms. The number of hydrogen-bond donors (Lipinski definition) is 0. The Kier molecular flexibility index (Phi) is 6.02. The van der Waals surface area contributed by atoms with E-state index in [1.165, 1.54) is 0 Å². The predicted octanol–water partition coefficient (Wildman–Crippen LogP) is 3.37. The quantitative estimate of drug-likeness (QED) is 0.671. The second kappa shape index (κ2) is 5.87. The van der Waals surface area contributed by atoms with Gasteiger partial charge in [-0.3, -0.25) is 0 Å². The minimum absolute atomic E-state index is 0.314. The molecule has 0 amide bonds.